The number of nitrogens with two attached hydrogens (primary N) is 1. The molecule has 1 saturated heterocycles. The second-order valence-electron chi connectivity index (χ2n) is 5.95. The van der Waals surface area contributed by atoms with Gasteiger partial charge in [0.1, 0.15) is 0 Å². The van der Waals surface area contributed by atoms with E-state index in [0.717, 1.165) is 11.1 Å². The summed E-state index contributed by atoms with van der Waals surface area (Å²) in [6.07, 6.45) is 4.33. The SMILES string of the molecule is CN(C(=O)C1CCNC(=O)C1)c1cc(-c2ccncc2)ccc1N. The van der Waals surface area contributed by atoms with Gasteiger partial charge in [-0.1, -0.05) is 6.07 Å². The number of hydrogen-bond acceptors (Lipinski definition) is 4. The van der Waals surface area contributed by atoms with Crippen LogP contribution in [0.4, 0.5) is 11.4 Å². The van der Waals surface area contributed by atoms with Gasteiger partial charge in [0, 0.05) is 38.3 Å². The number of amides is 2. The smallest absolute Gasteiger partial charge is 0.230 e. The summed E-state index contributed by atoms with van der Waals surface area (Å²) in [6.45, 7) is 0.537. The zero-order valence-corrected chi connectivity index (χ0v) is 13.5. The number of carbonyl (C=O) groups excluding carboxylic acids is 2. The summed E-state index contributed by atoms with van der Waals surface area (Å²) in [5.41, 5.74) is 9.23. The van der Waals surface area contributed by atoms with Crippen LogP contribution in [0.3, 0.4) is 0 Å². The molecule has 0 saturated carbocycles. The molecule has 0 aliphatic carbocycles. The topological polar surface area (TPSA) is 88.3 Å². The van der Waals surface area contributed by atoms with E-state index < -0.39 is 0 Å². The van der Waals surface area contributed by atoms with E-state index in [0.29, 0.717) is 24.3 Å². The van der Waals surface area contributed by atoms with Gasteiger partial charge in [-0.15, -0.1) is 0 Å². The van der Waals surface area contributed by atoms with Crippen LogP contribution in [0.1, 0.15) is 12.8 Å². The van der Waals surface area contributed by atoms with E-state index in [-0.39, 0.29) is 24.2 Å². The molecule has 2 amide bonds. The zero-order chi connectivity index (χ0) is 17.1. The van der Waals surface area contributed by atoms with Crippen molar-refractivity contribution >= 4 is 23.2 Å². The molecule has 124 valence electrons. The molecule has 1 aliphatic rings. The highest BCUT2D eigenvalue weighted by Gasteiger charge is 2.29. The second-order valence-corrected chi connectivity index (χ2v) is 5.95. The van der Waals surface area contributed by atoms with Gasteiger partial charge in [0.2, 0.25) is 11.8 Å². The first-order chi connectivity index (χ1) is 11.6. The zero-order valence-electron chi connectivity index (χ0n) is 13.5. The van der Waals surface area contributed by atoms with Gasteiger partial charge in [-0.3, -0.25) is 14.6 Å². The van der Waals surface area contributed by atoms with E-state index in [2.05, 4.69) is 10.3 Å². The fourth-order valence-corrected chi connectivity index (χ4v) is 2.95. The summed E-state index contributed by atoms with van der Waals surface area (Å²) in [5, 5.41) is 2.75. The molecule has 24 heavy (non-hydrogen) atoms. The lowest BCUT2D eigenvalue weighted by molar-refractivity contribution is -0.130. The number of pyridine rings is 1. The van der Waals surface area contributed by atoms with E-state index in [4.69, 9.17) is 5.73 Å². The minimum absolute atomic E-state index is 0.0773. The Hall–Kier alpha value is -2.89. The van der Waals surface area contributed by atoms with E-state index in [1.54, 1.807) is 30.4 Å². The highest BCUT2D eigenvalue weighted by molar-refractivity contribution is 6.00. The van der Waals surface area contributed by atoms with Crippen molar-refractivity contribution in [2.75, 3.05) is 24.2 Å². The van der Waals surface area contributed by atoms with Crippen molar-refractivity contribution in [2.24, 2.45) is 5.92 Å². The first kappa shape index (κ1) is 16.0. The third-order valence-electron chi connectivity index (χ3n) is 4.33. The largest absolute Gasteiger partial charge is 0.397 e. The van der Waals surface area contributed by atoms with Crippen molar-refractivity contribution < 1.29 is 9.59 Å². The molecule has 1 aromatic carbocycles. The predicted molar refractivity (Wildman–Crippen MR) is 93.2 cm³/mol. The van der Waals surface area contributed by atoms with E-state index >= 15 is 0 Å². The highest BCUT2D eigenvalue weighted by Crippen LogP contribution is 2.30. The van der Waals surface area contributed by atoms with E-state index in [1.165, 1.54) is 0 Å². The minimum atomic E-state index is -0.298. The number of aromatic nitrogens is 1. The number of benzene rings is 1. The number of carbonyl (C=O) groups is 2. The maximum Gasteiger partial charge on any atom is 0.230 e. The Labute approximate surface area is 140 Å². The summed E-state index contributed by atoms with van der Waals surface area (Å²) in [6, 6.07) is 9.42. The molecule has 1 fully saturated rings. The lowest BCUT2D eigenvalue weighted by atomic mass is 9.95. The van der Waals surface area contributed by atoms with Crippen LogP contribution in [-0.2, 0) is 9.59 Å². The predicted octanol–water partition coefficient (Wildman–Crippen LogP) is 1.82. The van der Waals surface area contributed by atoms with Crippen LogP contribution in [0.15, 0.2) is 42.7 Å². The van der Waals surface area contributed by atoms with Gasteiger partial charge in [0.25, 0.3) is 0 Å². The van der Waals surface area contributed by atoms with Gasteiger partial charge in [-0.05, 0) is 41.8 Å². The fourth-order valence-electron chi connectivity index (χ4n) is 2.95. The summed E-state index contributed by atoms with van der Waals surface area (Å²) in [7, 11) is 1.71. The highest BCUT2D eigenvalue weighted by atomic mass is 16.2. The Balaban J connectivity index is 1.87. The van der Waals surface area contributed by atoms with Gasteiger partial charge < -0.3 is 16.0 Å². The number of hydrogen-bond donors (Lipinski definition) is 2. The third kappa shape index (κ3) is 3.22. The van der Waals surface area contributed by atoms with E-state index in [9.17, 15) is 9.59 Å². The molecule has 1 unspecified atom stereocenters. The maximum absolute atomic E-state index is 12.7. The van der Waals surface area contributed by atoms with Crippen LogP contribution < -0.4 is 16.0 Å². The first-order valence-corrected chi connectivity index (χ1v) is 7.90. The Kier molecular flexibility index (Phi) is 4.46. The van der Waals surface area contributed by atoms with Crippen LogP contribution in [0.2, 0.25) is 0 Å². The molecule has 0 spiro atoms. The quantitative estimate of drug-likeness (QED) is 0.843. The number of piperidine rings is 1. The lowest BCUT2D eigenvalue weighted by Crippen LogP contribution is -2.42. The van der Waals surface area contributed by atoms with Crippen molar-refractivity contribution in [2.45, 2.75) is 12.8 Å². The number of nitrogens with zero attached hydrogens (tertiary/aromatic N) is 2. The van der Waals surface area contributed by atoms with E-state index in [1.807, 2.05) is 24.3 Å². The average Bonchev–Trinajstić information content (AvgIpc) is 2.61. The third-order valence-corrected chi connectivity index (χ3v) is 4.33. The molecule has 1 aromatic heterocycles. The summed E-state index contributed by atoms with van der Waals surface area (Å²) in [4.78, 5) is 29.8. The molecule has 1 aliphatic heterocycles. The normalized spacial score (nSPS) is 17.2. The molecule has 3 rings (SSSR count). The molecule has 2 aromatic rings. The summed E-state index contributed by atoms with van der Waals surface area (Å²) < 4.78 is 0. The van der Waals surface area contributed by atoms with Crippen LogP contribution >= 0.6 is 0 Å². The molecule has 0 bridgehead atoms. The van der Waals surface area contributed by atoms with Crippen molar-refractivity contribution in [3.05, 3.63) is 42.7 Å². The van der Waals surface area contributed by atoms with Crippen molar-refractivity contribution in [3.8, 4) is 11.1 Å². The van der Waals surface area contributed by atoms with Crippen LogP contribution in [0.25, 0.3) is 11.1 Å². The first-order valence-electron chi connectivity index (χ1n) is 7.90. The number of rotatable bonds is 3. The van der Waals surface area contributed by atoms with Crippen LogP contribution in [0, 0.1) is 5.92 Å². The van der Waals surface area contributed by atoms with Crippen molar-refractivity contribution in [3.63, 3.8) is 0 Å². The molecule has 3 N–H and O–H groups in total. The number of anilines is 2. The molecule has 1 atom stereocenters. The average molecular weight is 324 g/mol. The lowest BCUT2D eigenvalue weighted by Gasteiger charge is -2.27. The van der Waals surface area contributed by atoms with Gasteiger partial charge in [0.15, 0.2) is 0 Å². The standard InChI is InChI=1S/C18H20N4O2/c1-22(18(24)14-6-9-21-17(23)11-14)16-10-13(2-3-15(16)19)12-4-7-20-8-5-12/h2-5,7-8,10,14H,6,9,11,19H2,1H3,(H,21,23). The molecular weight excluding hydrogens is 304 g/mol. The Morgan fingerprint density at radius 3 is 2.71 bits per heavy atom. The molecule has 6 nitrogen and oxygen atoms in total. The number of nitrogens with one attached hydrogen (secondary N) is 1. The summed E-state index contributed by atoms with van der Waals surface area (Å²) >= 11 is 0. The maximum atomic E-state index is 12.7. The fraction of sp³-hybridized carbons (Fsp3) is 0.278. The summed E-state index contributed by atoms with van der Waals surface area (Å²) in [5.74, 6) is -0.456. The second kappa shape index (κ2) is 6.70. The van der Waals surface area contributed by atoms with Crippen LogP contribution in [-0.4, -0.2) is 30.4 Å². The molecule has 6 heteroatoms. The van der Waals surface area contributed by atoms with Crippen molar-refractivity contribution in [1.82, 2.24) is 10.3 Å². The minimum Gasteiger partial charge on any atom is -0.397 e. The molecule has 2 heterocycles. The number of nitrogen functional groups attached to an aromatic ring is 1. The van der Waals surface area contributed by atoms with Crippen LogP contribution in [0.5, 0.6) is 0 Å². The van der Waals surface area contributed by atoms with Gasteiger partial charge in [0.05, 0.1) is 11.4 Å². The van der Waals surface area contributed by atoms with Gasteiger partial charge >= 0.3 is 0 Å². The Bertz CT molecular complexity index is 761. The Morgan fingerprint density at radius 2 is 2.00 bits per heavy atom. The van der Waals surface area contributed by atoms with Crippen molar-refractivity contribution in [1.29, 1.82) is 0 Å². The molecular formula is C18H20N4O2. The van der Waals surface area contributed by atoms with Gasteiger partial charge in [-0.25, -0.2) is 0 Å². The Morgan fingerprint density at radius 1 is 1.25 bits per heavy atom. The monoisotopic (exact) mass is 324 g/mol. The molecule has 0 radical (unpaired) electrons. The van der Waals surface area contributed by atoms with Gasteiger partial charge in [-0.2, -0.15) is 0 Å².